The fraction of sp³-hybridized carbons (Fsp3) is 0.421. The molecular weight excluding hydrogens is 274 g/mol. The molecule has 1 heterocycles. The fourth-order valence-electron chi connectivity index (χ4n) is 3.43. The van der Waals surface area contributed by atoms with Gasteiger partial charge >= 0.3 is 0 Å². The van der Waals surface area contributed by atoms with E-state index >= 15 is 0 Å². The van der Waals surface area contributed by atoms with Crippen molar-refractivity contribution in [2.45, 2.75) is 37.7 Å². The average molecular weight is 297 g/mol. The van der Waals surface area contributed by atoms with Crippen LogP contribution < -0.4 is 4.74 Å². The Balaban J connectivity index is 2.02. The van der Waals surface area contributed by atoms with Gasteiger partial charge in [-0.25, -0.2) is 0 Å². The average Bonchev–Trinajstić information content (AvgIpc) is 3.42. The molecule has 22 heavy (non-hydrogen) atoms. The smallest absolute Gasteiger partial charge is 0.118 e. The number of ether oxygens (including phenoxy) is 1. The van der Waals surface area contributed by atoms with Gasteiger partial charge in [0.25, 0.3) is 0 Å². The van der Waals surface area contributed by atoms with Crippen molar-refractivity contribution in [3.05, 3.63) is 59.9 Å². The number of hydrogen-bond acceptors (Lipinski definition) is 3. The predicted octanol–water partition coefficient (Wildman–Crippen LogP) is 3.88. The lowest BCUT2D eigenvalue weighted by atomic mass is 9.74. The maximum Gasteiger partial charge on any atom is 0.118 e. The summed E-state index contributed by atoms with van der Waals surface area (Å²) in [6.45, 7) is 2.12. The lowest BCUT2D eigenvalue weighted by Gasteiger charge is -2.36. The van der Waals surface area contributed by atoms with Crippen molar-refractivity contribution in [3.63, 3.8) is 0 Å². The second-order valence-corrected chi connectivity index (χ2v) is 6.04. The Morgan fingerprint density at radius 3 is 2.45 bits per heavy atom. The van der Waals surface area contributed by atoms with E-state index in [1.807, 2.05) is 42.5 Å². The molecule has 0 amide bonds. The molecule has 1 N–H and O–H groups in total. The molecule has 0 radical (unpaired) electrons. The third kappa shape index (κ3) is 2.61. The molecule has 116 valence electrons. The van der Waals surface area contributed by atoms with Gasteiger partial charge in [0.2, 0.25) is 0 Å². The topological polar surface area (TPSA) is 42.4 Å². The Kier molecular flexibility index (Phi) is 4.16. The number of pyridine rings is 1. The first-order valence-electron chi connectivity index (χ1n) is 7.98. The highest BCUT2D eigenvalue weighted by Gasteiger charge is 2.50. The van der Waals surface area contributed by atoms with E-state index in [0.29, 0.717) is 5.92 Å². The summed E-state index contributed by atoms with van der Waals surface area (Å²) < 4.78 is 5.24. The third-order valence-corrected chi connectivity index (χ3v) is 4.74. The van der Waals surface area contributed by atoms with Crippen LogP contribution in [-0.4, -0.2) is 17.2 Å². The Morgan fingerprint density at radius 1 is 1.23 bits per heavy atom. The molecule has 1 saturated carbocycles. The summed E-state index contributed by atoms with van der Waals surface area (Å²) in [5.74, 6) is 1.13. The van der Waals surface area contributed by atoms with E-state index < -0.39 is 5.60 Å². The number of aromatic nitrogens is 1. The molecule has 0 spiro atoms. The summed E-state index contributed by atoms with van der Waals surface area (Å²) in [6, 6.07) is 13.8. The summed E-state index contributed by atoms with van der Waals surface area (Å²) in [5.41, 5.74) is 1.08. The van der Waals surface area contributed by atoms with Crippen molar-refractivity contribution < 1.29 is 9.84 Å². The minimum Gasteiger partial charge on any atom is -0.497 e. The highest BCUT2D eigenvalue weighted by Crippen LogP contribution is 2.53. The minimum atomic E-state index is -0.852. The number of nitrogens with zero attached hydrogens (tertiary/aromatic N) is 1. The van der Waals surface area contributed by atoms with Crippen molar-refractivity contribution >= 4 is 0 Å². The van der Waals surface area contributed by atoms with Gasteiger partial charge in [-0.1, -0.05) is 25.1 Å². The van der Waals surface area contributed by atoms with Crippen LogP contribution in [0.15, 0.2) is 48.7 Å². The molecule has 1 aliphatic carbocycles. The highest BCUT2D eigenvalue weighted by atomic mass is 16.5. The van der Waals surface area contributed by atoms with Gasteiger partial charge in [-0.05, 0) is 55.0 Å². The third-order valence-electron chi connectivity index (χ3n) is 4.74. The Hall–Kier alpha value is -1.87. The van der Waals surface area contributed by atoms with Gasteiger partial charge in [0.1, 0.15) is 11.4 Å². The van der Waals surface area contributed by atoms with Gasteiger partial charge in [-0.2, -0.15) is 0 Å². The van der Waals surface area contributed by atoms with E-state index in [1.165, 1.54) is 0 Å². The Labute approximate surface area is 132 Å². The lowest BCUT2D eigenvalue weighted by molar-refractivity contribution is -0.0183. The number of methoxy groups -OCH3 is 1. The lowest BCUT2D eigenvalue weighted by Crippen LogP contribution is -2.36. The van der Waals surface area contributed by atoms with Crippen molar-refractivity contribution in [2.75, 3.05) is 7.11 Å². The predicted molar refractivity (Wildman–Crippen MR) is 86.9 cm³/mol. The van der Waals surface area contributed by atoms with Gasteiger partial charge in [-0.15, -0.1) is 0 Å². The number of benzene rings is 1. The maximum atomic E-state index is 11.6. The monoisotopic (exact) mass is 297 g/mol. The van der Waals surface area contributed by atoms with Gasteiger partial charge in [0, 0.05) is 17.8 Å². The molecule has 3 nitrogen and oxygen atoms in total. The zero-order chi connectivity index (χ0) is 15.6. The summed E-state index contributed by atoms with van der Waals surface area (Å²) >= 11 is 0. The first-order chi connectivity index (χ1) is 10.7. The Morgan fingerprint density at radius 2 is 1.95 bits per heavy atom. The molecule has 0 bridgehead atoms. The van der Waals surface area contributed by atoms with Crippen molar-refractivity contribution in [1.29, 1.82) is 0 Å². The molecule has 2 aromatic rings. The van der Waals surface area contributed by atoms with Crippen molar-refractivity contribution in [3.8, 4) is 5.75 Å². The molecule has 1 aromatic carbocycles. The quantitative estimate of drug-likeness (QED) is 0.879. The molecule has 0 aliphatic heterocycles. The highest BCUT2D eigenvalue weighted by molar-refractivity contribution is 5.35. The largest absolute Gasteiger partial charge is 0.497 e. The minimum absolute atomic E-state index is 0.00888. The normalized spacial score (nSPS) is 18.5. The van der Waals surface area contributed by atoms with Crippen LogP contribution in [0.2, 0.25) is 0 Å². The zero-order valence-electron chi connectivity index (χ0n) is 13.2. The molecule has 1 aromatic heterocycles. The number of rotatable bonds is 6. The zero-order valence-corrected chi connectivity index (χ0v) is 13.2. The molecule has 0 unspecified atom stereocenters. The van der Waals surface area contributed by atoms with Crippen LogP contribution in [-0.2, 0) is 5.60 Å². The van der Waals surface area contributed by atoms with E-state index in [0.717, 1.165) is 36.3 Å². The second kappa shape index (κ2) is 6.09. The van der Waals surface area contributed by atoms with Crippen LogP contribution in [0.5, 0.6) is 5.75 Å². The molecule has 1 fully saturated rings. The fourth-order valence-corrected chi connectivity index (χ4v) is 3.43. The van der Waals surface area contributed by atoms with Crippen molar-refractivity contribution in [2.24, 2.45) is 5.92 Å². The first-order valence-corrected chi connectivity index (χ1v) is 7.98. The Bertz CT molecular complexity index is 607. The molecule has 1 aliphatic rings. The van der Waals surface area contributed by atoms with Gasteiger partial charge in [0.15, 0.2) is 0 Å². The van der Waals surface area contributed by atoms with Gasteiger partial charge in [0.05, 0.1) is 7.11 Å². The van der Waals surface area contributed by atoms with Crippen molar-refractivity contribution in [1.82, 2.24) is 4.98 Å². The van der Waals surface area contributed by atoms with Crippen LogP contribution in [0, 0.1) is 5.92 Å². The molecule has 0 saturated heterocycles. The summed E-state index contributed by atoms with van der Waals surface area (Å²) in [5, 5.41) is 11.6. The van der Waals surface area contributed by atoms with Gasteiger partial charge < -0.3 is 9.84 Å². The molecular formula is C19H23NO2. The number of hydrogen-bond donors (Lipinski definition) is 1. The second-order valence-electron chi connectivity index (χ2n) is 6.04. The van der Waals surface area contributed by atoms with Crippen LogP contribution in [0.4, 0.5) is 0 Å². The van der Waals surface area contributed by atoms with Crippen LogP contribution >= 0.6 is 0 Å². The summed E-state index contributed by atoms with van der Waals surface area (Å²) in [4.78, 5) is 4.50. The van der Waals surface area contributed by atoms with E-state index in [1.54, 1.807) is 13.3 Å². The van der Waals surface area contributed by atoms with E-state index in [9.17, 15) is 5.11 Å². The maximum absolute atomic E-state index is 11.6. The summed E-state index contributed by atoms with van der Waals surface area (Å²) in [7, 11) is 1.66. The van der Waals surface area contributed by atoms with Crippen LogP contribution in [0.3, 0.4) is 0 Å². The molecule has 2 atom stereocenters. The SMILES string of the molecule is CC[C@H](c1ccccn1)[C@](O)(c1ccc(OC)cc1)C1CC1. The number of aliphatic hydroxyl groups is 1. The van der Waals surface area contributed by atoms with Crippen LogP contribution in [0.25, 0.3) is 0 Å². The first kappa shape index (κ1) is 15.0. The van der Waals surface area contributed by atoms with E-state index in [-0.39, 0.29) is 5.92 Å². The molecule has 3 rings (SSSR count). The van der Waals surface area contributed by atoms with E-state index in [2.05, 4.69) is 11.9 Å². The van der Waals surface area contributed by atoms with Gasteiger partial charge in [-0.3, -0.25) is 4.98 Å². The van der Waals surface area contributed by atoms with Crippen LogP contribution in [0.1, 0.15) is 43.4 Å². The standard InChI is InChI=1S/C19H23NO2/c1-3-17(18-6-4-5-13-20-18)19(21,14-7-8-14)15-9-11-16(22-2)12-10-15/h4-6,9-14,17,21H,3,7-8H2,1-2H3/t17-,19-/m1/s1. The van der Waals surface area contributed by atoms with E-state index in [4.69, 9.17) is 4.74 Å². The summed E-state index contributed by atoms with van der Waals surface area (Å²) in [6.07, 6.45) is 4.81. The molecule has 3 heteroatoms.